The third kappa shape index (κ3) is 4.64. The van der Waals surface area contributed by atoms with Gasteiger partial charge in [-0.25, -0.2) is 13.1 Å². The van der Waals surface area contributed by atoms with Gasteiger partial charge in [0.05, 0.1) is 6.20 Å². The average molecular weight is 479 g/mol. The molecule has 10 nitrogen and oxygen atoms in total. The number of hydrogen-bond acceptors (Lipinski definition) is 6. The Morgan fingerprint density at radius 2 is 1.94 bits per heavy atom. The molecule has 0 unspecified atom stereocenters. The predicted octanol–water partition coefficient (Wildman–Crippen LogP) is 1.76. The fraction of sp³-hybridized carbons (Fsp3) is 0.350. The number of hydrogen-bond donors (Lipinski definition) is 0. The topological polar surface area (TPSA) is 103 Å². The van der Waals surface area contributed by atoms with Crippen molar-refractivity contribution in [3.05, 3.63) is 59.1 Å². The molecule has 2 aromatic heterocycles. The largest absolute Gasteiger partial charge is 0.471 e. The minimum absolute atomic E-state index is 0.146. The highest BCUT2D eigenvalue weighted by molar-refractivity contribution is 7.89. The monoisotopic (exact) mass is 478 g/mol. The van der Waals surface area contributed by atoms with Gasteiger partial charge in [-0.3, -0.25) is 9.48 Å². The molecular weight excluding hydrogens is 456 g/mol. The quantitative estimate of drug-likeness (QED) is 0.535. The molecule has 1 amide bonds. The minimum Gasteiger partial charge on any atom is -0.471 e. The molecule has 1 aromatic carbocycles. The number of sulfonamides is 1. The van der Waals surface area contributed by atoms with E-state index in [9.17, 15) is 13.2 Å². The van der Waals surface area contributed by atoms with Crippen molar-refractivity contribution in [2.45, 2.75) is 18.6 Å². The average Bonchev–Trinajstić information content (AvgIpc) is 3.42. The van der Waals surface area contributed by atoms with Crippen molar-refractivity contribution < 1.29 is 17.9 Å². The summed E-state index contributed by atoms with van der Waals surface area (Å²) in [5, 5.41) is 8.86. The van der Waals surface area contributed by atoms with E-state index in [0.29, 0.717) is 10.8 Å². The number of ether oxygens (including phenoxy) is 1. The highest BCUT2D eigenvalue weighted by atomic mass is 35.5. The molecule has 12 heteroatoms. The summed E-state index contributed by atoms with van der Waals surface area (Å²) in [6.07, 6.45) is 4.46. The third-order valence-electron chi connectivity index (χ3n) is 5.19. The normalized spacial score (nSPS) is 15.2. The van der Waals surface area contributed by atoms with Crippen LogP contribution in [0.15, 0.2) is 47.8 Å². The number of aromatic nitrogens is 4. The fourth-order valence-corrected chi connectivity index (χ4v) is 5.07. The third-order valence-corrected chi connectivity index (χ3v) is 7.28. The van der Waals surface area contributed by atoms with Gasteiger partial charge in [0.25, 0.3) is 5.91 Å². The Morgan fingerprint density at radius 1 is 1.19 bits per heavy atom. The molecule has 1 saturated heterocycles. The van der Waals surface area contributed by atoms with Crippen LogP contribution in [0.25, 0.3) is 0 Å². The second-order valence-electron chi connectivity index (χ2n) is 7.47. The van der Waals surface area contributed by atoms with Crippen molar-refractivity contribution in [1.29, 1.82) is 0 Å². The van der Waals surface area contributed by atoms with Crippen LogP contribution in [0.5, 0.6) is 5.75 Å². The molecule has 0 saturated carbocycles. The second-order valence-corrected chi connectivity index (χ2v) is 9.84. The highest BCUT2D eigenvalue weighted by Crippen LogP contribution is 2.22. The molecule has 3 heterocycles. The zero-order chi connectivity index (χ0) is 22.9. The Labute approximate surface area is 191 Å². The molecular formula is C20H23ClN6O4S. The lowest BCUT2D eigenvalue weighted by Gasteiger charge is -2.33. The second kappa shape index (κ2) is 8.93. The molecule has 4 rings (SSSR count). The van der Waals surface area contributed by atoms with Crippen LogP contribution in [0, 0.1) is 6.92 Å². The highest BCUT2D eigenvalue weighted by Gasteiger charge is 2.31. The summed E-state index contributed by atoms with van der Waals surface area (Å²) in [7, 11) is -1.96. The van der Waals surface area contributed by atoms with E-state index in [4.69, 9.17) is 16.3 Å². The van der Waals surface area contributed by atoms with E-state index < -0.39 is 10.0 Å². The van der Waals surface area contributed by atoms with Gasteiger partial charge >= 0.3 is 0 Å². The zero-order valence-corrected chi connectivity index (χ0v) is 19.3. The number of aryl methyl sites for hydroxylation is 2. The summed E-state index contributed by atoms with van der Waals surface area (Å²) in [5.41, 5.74) is 1.19. The molecule has 32 heavy (non-hydrogen) atoms. The molecule has 0 atom stereocenters. The molecule has 0 spiro atoms. The number of piperazine rings is 1. The van der Waals surface area contributed by atoms with Gasteiger partial charge in [0.2, 0.25) is 10.0 Å². The fourth-order valence-electron chi connectivity index (χ4n) is 3.43. The summed E-state index contributed by atoms with van der Waals surface area (Å²) in [5.74, 6) is 0.438. The SMILES string of the molecule is Cc1cc(Cl)ccc1OCn1ccc(C(=O)N2CCN(S(=O)(=O)c3cnn(C)c3)CC2)n1. The maximum atomic E-state index is 12.8. The van der Waals surface area contributed by atoms with Gasteiger partial charge in [-0.1, -0.05) is 11.6 Å². The first-order chi connectivity index (χ1) is 15.2. The molecule has 0 bridgehead atoms. The molecule has 0 radical (unpaired) electrons. The summed E-state index contributed by atoms with van der Waals surface area (Å²) in [6, 6.07) is 6.96. The van der Waals surface area contributed by atoms with E-state index in [2.05, 4.69) is 10.2 Å². The molecule has 3 aromatic rings. The van der Waals surface area contributed by atoms with Gasteiger partial charge in [-0.15, -0.1) is 0 Å². The Morgan fingerprint density at radius 3 is 2.59 bits per heavy atom. The summed E-state index contributed by atoms with van der Waals surface area (Å²) >= 11 is 5.96. The number of carbonyl (C=O) groups is 1. The van der Waals surface area contributed by atoms with Gasteiger partial charge < -0.3 is 9.64 Å². The van der Waals surface area contributed by atoms with Crippen molar-refractivity contribution >= 4 is 27.5 Å². The number of rotatable bonds is 6. The maximum Gasteiger partial charge on any atom is 0.274 e. The molecule has 1 aliphatic rings. The van der Waals surface area contributed by atoms with E-state index in [1.165, 1.54) is 26.1 Å². The van der Waals surface area contributed by atoms with Crippen molar-refractivity contribution in [3.63, 3.8) is 0 Å². The van der Waals surface area contributed by atoms with Gasteiger partial charge in [-0.2, -0.15) is 14.5 Å². The van der Waals surface area contributed by atoms with Crippen molar-refractivity contribution in [2.24, 2.45) is 7.05 Å². The zero-order valence-electron chi connectivity index (χ0n) is 17.7. The first-order valence-electron chi connectivity index (χ1n) is 9.94. The molecule has 0 N–H and O–H groups in total. The van der Waals surface area contributed by atoms with Crippen LogP contribution in [-0.2, 0) is 23.8 Å². The predicted molar refractivity (Wildman–Crippen MR) is 117 cm³/mol. The van der Waals surface area contributed by atoms with Gasteiger partial charge in [0.1, 0.15) is 10.6 Å². The molecule has 1 fully saturated rings. The van der Waals surface area contributed by atoms with Crippen LogP contribution in [0.3, 0.4) is 0 Å². The standard InChI is InChI=1S/C20H23ClN6O4S/c1-15-11-16(21)3-4-19(15)31-14-26-6-5-18(23-26)20(28)25-7-9-27(10-8-25)32(29,30)17-12-22-24(2)13-17/h3-6,11-13H,7-10,14H2,1-2H3. The molecule has 1 aliphatic heterocycles. The van der Waals surface area contributed by atoms with Crippen LogP contribution in [-0.4, -0.2) is 69.3 Å². The lowest BCUT2D eigenvalue weighted by Crippen LogP contribution is -2.50. The summed E-state index contributed by atoms with van der Waals surface area (Å²) < 4.78 is 35.5. The first-order valence-corrected chi connectivity index (χ1v) is 11.8. The first kappa shape index (κ1) is 22.3. The van der Waals surface area contributed by atoms with E-state index in [1.807, 2.05) is 13.0 Å². The number of halogens is 1. The maximum absolute atomic E-state index is 12.8. The summed E-state index contributed by atoms with van der Waals surface area (Å²) in [6.45, 7) is 3.03. The Kier molecular flexibility index (Phi) is 6.22. The van der Waals surface area contributed by atoms with E-state index in [0.717, 1.165) is 5.56 Å². The lowest BCUT2D eigenvalue weighted by atomic mass is 10.2. The van der Waals surface area contributed by atoms with Crippen LogP contribution in [0.2, 0.25) is 5.02 Å². The number of amides is 1. The van der Waals surface area contributed by atoms with E-state index in [-0.39, 0.29) is 49.4 Å². The van der Waals surface area contributed by atoms with Crippen molar-refractivity contribution in [1.82, 2.24) is 28.8 Å². The Hall–Kier alpha value is -2.89. The van der Waals surface area contributed by atoms with Crippen LogP contribution in [0.4, 0.5) is 0 Å². The van der Waals surface area contributed by atoms with Gasteiger partial charge in [-0.05, 0) is 36.8 Å². The van der Waals surface area contributed by atoms with Crippen LogP contribution in [0.1, 0.15) is 16.1 Å². The number of carbonyl (C=O) groups excluding carboxylic acids is 1. The van der Waals surface area contributed by atoms with E-state index in [1.54, 1.807) is 36.3 Å². The molecule has 0 aliphatic carbocycles. The summed E-state index contributed by atoms with van der Waals surface area (Å²) in [4.78, 5) is 14.6. The number of nitrogens with zero attached hydrogens (tertiary/aromatic N) is 6. The van der Waals surface area contributed by atoms with Crippen molar-refractivity contribution in [3.8, 4) is 5.75 Å². The molecule has 170 valence electrons. The van der Waals surface area contributed by atoms with Crippen molar-refractivity contribution in [2.75, 3.05) is 26.2 Å². The minimum atomic E-state index is -3.62. The number of benzene rings is 1. The Bertz CT molecular complexity index is 1230. The lowest BCUT2D eigenvalue weighted by molar-refractivity contribution is 0.0690. The smallest absolute Gasteiger partial charge is 0.274 e. The van der Waals surface area contributed by atoms with Crippen LogP contribution >= 0.6 is 11.6 Å². The van der Waals surface area contributed by atoms with Crippen LogP contribution < -0.4 is 4.74 Å². The Balaban J connectivity index is 1.34. The van der Waals surface area contributed by atoms with Gasteiger partial charge in [0.15, 0.2) is 12.4 Å². The van der Waals surface area contributed by atoms with Gasteiger partial charge in [0, 0.05) is 50.6 Å². The van der Waals surface area contributed by atoms with E-state index >= 15 is 0 Å².